The van der Waals surface area contributed by atoms with Crippen molar-refractivity contribution >= 4 is 11.9 Å². The van der Waals surface area contributed by atoms with Gasteiger partial charge in [0.25, 0.3) is 0 Å². The van der Waals surface area contributed by atoms with Crippen LogP contribution in [-0.4, -0.2) is 70.9 Å². The van der Waals surface area contributed by atoms with Crippen molar-refractivity contribution in [1.29, 1.82) is 0 Å². The third kappa shape index (κ3) is 9.90. The second-order valence-electron chi connectivity index (χ2n) is 11.4. The molecular weight excluding hydrogens is 577 g/mol. The van der Waals surface area contributed by atoms with Crippen molar-refractivity contribution in [2.45, 2.75) is 91.5 Å². The predicted molar refractivity (Wildman–Crippen MR) is 158 cm³/mol. The second-order valence-corrected chi connectivity index (χ2v) is 11.4. The quantitative estimate of drug-likeness (QED) is 0.270. The van der Waals surface area contributed by atoms with Crippen molar-refractivity contribution in [3.05, 3.63) is 65.0 Å². The fourth-order valence-electron chi connectivity index (χ4n) is 5.45. The van der Waals surface area contributed by atoms with Crippen LogP contribution in [0.25, 0.3) is 0 Å². The minimum Gasteiger partial charge on any atom is -0.481 e. The molecule has 10 nitrogen and oxygen atoms in total. The summed E-state index contributed by atoms with van der Waals surface area (Å²) in [5.41, 5.74) is 4.39. The molecule has 1 saturated heterocycles. The van der Waals surface area contributed by atoms with E-state index in [0.29, 0.717) is 12.8 Å². The van der Waals surface area contributed by atoms with Gasteiger partial charge in [0.15, 0.2) is 0 Å². The van der Waals surface area contributed by atoms with E-state index in [9.17, 15) is 23.1 Å². The summed E-state index contributed by atoms with van der Waals surface area (Å²) in [4.78, 5) is 28.1. The van der Waals surface area contributed by atoms with E-state index >= 15 is 0 Å². The number of carboxylic acid groups (broad SMARTS) is 2. The molecule has 3 heterocycles. The van der Waals surface area contributed by atoms with Crippen LogP contribution in [-0.2, 0) is 35.6 Å². The maximum absolute atomic E-state index is 12.0. The van der Waals surface area contributed by atoms with Gasteiger partial charge in [-0.05, 0) is 81.1 Å². The molecule has 0 unspecified atom stereocenters. The number of piperidine rings is 1. The molecule has 4 rings (SSSR count). The lowest BCUT2D eigenvalue weighted by molar-refractivity contribution is -0.192. The van der Waals surface area contributed by atoms with Gasteiger partial charge in [-0.15, -0.1) is 5.10 Å². The highest BCUT2D eigenvalue weighted by molar-refractivity contribution is 5.73. The number of benzene rings is 1. The number of nitrogens with zero attached hydrogens (tertiary/aromatic N) is 6. The molecule has 2 N–H and O–H groups in total. The second kappa shape index (κ2) is 15.8. The minimum absolute atomic E-state index is 0.106. The van der Waals surface area contributed by atoms with E-state index in [1.165, 1.54) is 30.4 Å². The smallest absolute Gasteiger partial charge is 0.481 e. The molecule has 2 aromatic heterocycles. The first kappa shape index (κ1) is 34.7. The van der Waals surface area contributed by atoms with Crippen molar-refractivity contribution in [2.24, 2.45) is 11.8 Å². The van der Waals surface area contributed by atoms with Crippen molar-refractivity contribution in [1.82, 2.24) is 29.4 Å². The van der Waals surface area contributed by atoms with Crippen LogP contribution in [0, 0.1) is 18.8 Å². The van der Waals surface area contributed by atoms with Gasteiger partial charge >= 0.3 is 18.1 Å². The lowest BCUT2D eigenvalue weighted by atomic mass is 9.82. The van der Waals surface area contributed by atoms with Gasteiger partial charge in [-0.3, -0.25) is 14.4 Å². The summed E-state index contributed by atoms with van der Waals surface area (Å²) in [6, 6.07) is 6.43. The lowest BCUT2D eigenvalue weighted by Gasteiger charge is -2.31. The summed E-state index contributed by atoms with van der Waals surface area (Å²) >= 11 is 0. The number of aliphatic carboxylic acids is 2. The highest BCUT2D eigenvalue weighted by Gasteiger charge is 2.38. The van der Waals surface area contributed by atoms with Gasteiger partial charge in [0.05, 0.1) is 18.2 Å². The van der Waals surface area contributed by atoms with E-state index < -0.39 is 24.0 Å². The average Bonchev–Trinajstić information content (AvgIpc) is 3.64. The number of aromatic nitrogens is 5. The third-order valence-electron chi connectivity index (χ3n) is 8.45. The van der Waals surface area contributed by atoms with Gasteiger partial charge in [0.1, 0.15) is 5.82 Å². The van der Waals surface area contributed by atoms with E-state index in [2.05, 4.69) is 63.0 Å². The van der Waals surface area contributed by atoms with Gasteiger partial charge in [-0.25, -0.2) is 9.78 Å². The molecule has 0 amide bonds. The van der Waals surface area contributed by atoms with Gasteiger partial charge in [0.2, 0.25) is 0 Å². The fraction of sp³-hybridized carbons (Fsp3) is 0.581. The molecule has 0 saturated carbocycles. The van der Waals surface area contributed by atoms with Crippen LogP contribution in [0.2, 0.25) is 0 Å². The highest BCUT2D eigenvalue weighted by Crippen LogP contribution is 2.31. The zero-order valence-electron chi connectivity index (χ0n) is 25.8. The van der Waals surface area contributed by atoms with E-state index in [1.54, 1.807) is 0 Å². The highest BCUT2D eigenvalue weighted by atomic mass is 19.4. The van der Waals surface area contributed by atoms with Crippen LogP contribution < -0.4 is 0 Å². The van der Waals surface area contributed by atoms with Crippen molar-refractivity contribution in [2.75, 3.05) is 13.1 Å². The maximum Gasteiger partial charge on any atom is 0.490 e. The summed E-state index contributed by atoms with van der Waals surface area (Å²) in [6.45, 7) is 12.9. The Kier molecular flexibility index (Phi) is 12.5. The van der Waals surface area contributed by atoms with Gasteiger partial charge in [-0.1, -0.05) is 43.7 Å². The molecule has 0 aliphatic carbocycles. The standard InChI is InChI=1S/C29H42N6O2.C2HF3O2/c1-5-23-11-14-33(15-12-23)20-28-30-13-16-34(28)18-25-17-24(8-7-21(25)3)27(22(4)29(36)37)10-9-26-19-35(6-2)32-31-26;3-2(4,5)1(6)7/h7-8,13,16-17,19,22-23,27H,5-6,9-12,14-15,18,20H2,1-4H3,(H,36,37);(H,6,7)/t22-,27+;/m0./s1. The molecular formula is C31H43F3N6O4. The number of likely N-dealkylation sites (tertiary alicyclic amines) is 1. The molecule has 1 aliphatic heterocycles. The maximum atomic E-state index is 12.0. The number of hydrogen-bond donors (Lipinski definition) is 2. The first-order valence-electron chi connectivity index (χ1n) is 15.1. The van der Waals surface area contributed by atoms with Crippen LogP contribution in [0.15, 0.2) is 36.8 Å². The molecule has 242 valence electrons. The molecule has 1 aliphatic rings. The number of rotatable bonds is 12. The first-order chi connectivity index (χ1) is 20.8. The topological polar surface area (TPSA) is 126 Å². The summed E-state index contributed by atoms with van der Waals surface area (Å²) in [7, 11) is 0. The fourth-order valence-corrected chi connectivity index (χ4v) is 5.45. The largest absolute Gasteiger partial charge is 0.490 e. The number of carbonyl (C=O) groups is 2. The Bertz CT molecular complexity index is 1360. The molecule has 44 heavy (non-hydrogen) atoms. The molecule has 1 aromatic carbocycles. The Morgan fingerprint density at radius 3 is 2.36 bits per heavy atom. The van der Waals surface area contributed by atoms with Crippen molar-refractivity contribution in [3.63, 3.8) is 0 Å². The van der Waals surface area contributed by atoms with Crippen LogP contribution in [0.5, 0.6) is 0 Å². The first-order valence-corrected chi connectivity index (χ1v) is 15.1. The molecule has 2 atom stereocenters. The van der Waals surface area contributed by atoms with Crippen molar-refractivity contribution < 1.29 is 33.0 Å². The molecule has 0 radical (unpaired) electrons. The lowest BCUT2D eigenvalue weighted by Crippen LogP contribution is -2.34. The number of carboxylic acids is 2. The number of alkyl halides is 3. The van der Waals surface area contributed by atoms with Crippen LogP contribution in [0.3, 0.4) is 0 Å². The SMILES string of the molecule is CCC1CCN(Cc2nccn2Cc2cc([C@H](CCc3cn(CC)nn3)[C@H](C)C(=O)O)ccc2C)CC1.O=C(O)C(F)(F)F. The van der Waals surface area contributed by atoms with Crippen LogP contribution in [0.1, 0.15) is 80.6 Å². The average molecular weight is 621 g/mol. The summed E-state index contributed by atoms with van der Waals surface area (Å²) in [5.74, 6) is -2.17. The van der Waals surface area contributed by atoms with Gasteiger partial charge in [0, 0.05) is 31.7 Å². The van der Waals surface area contributed by atoms with E-state index in [0.717, 1.165) is 55.7 Å². The summed E-state index contributed by atoms with van der Waals surface area (Å²) in [5, 5.41) is 25.4. The Balaban J connectivity index is 0.000000676. The molecule has 13 heteroatoms. The van der Waals surface area contributed by atoms with E-state index in [4.69, 9.17) is 9.90 Å². The molecule has 0 bridgehead atoms. The number of imidazole rings is 1. The minimum atomic E-state index is -5.08. The summed E-state index contributed by atoms with van der Waals surface area (Å²) in [6.07, 6.45) is 6.06. The third-order valence-corrected chi connectivity index (χ3v) is 8.45. The Morgan fingerprint density at radius 1 is 1.11 bits per heavy atom. The molecule has 0 spiro atoms. The zero-order valence-corrected chi connectivity index (χ0v) is 25.8. The zero-order chi connectivity index (χ0) is 32.4. The van der Waals surface area contributed by atoms with E-state index in [-0.39, 0.29) is 5.92 Å². The molecule has 1 fully saturated rings. The monoisotopic (exact) mass is 620 g/mol. The Hall–Kier alpha value is -3.74. The summed E-state index contributed by atoms with van der Waals surface area (Å²) < 4.78 is 35.8. The van der Waals surface area contributed by atoms with E-state index in [1.807, 2.05) is 30.9 Å². The number of aryl methyl sites for hydroxylation is 3. The van der Waals surface area contributed by atoms with Gasteiger partial charge in [-0.2, -0.15) is 13.2 Å². The van der Waals surface area contributed by atoms with Crippen LogP contribution in [0.4, 0.5) is 13.2 Å². The Labute approximate surface area is 255 Å². The number of hydrogen-bond acceptors (Lipinski definition) is 6. The van der Waals surface area contributed by atoms with Gasteiger partial charge < -0.3 is 14.8 Å². The molecule has 3 aromatic rings. The number of halogens is 3. The Morgan fingerprint density at radius 2 is 1.80 bits per heavy atom. The predicted octanol–water partition coefficient (Wildman–Crippen LogP) is 5.54. The van der Waals surface area contributed by atoms with Crippen molar-refractivity contribution in [3.8, 4) is 0 Å². The van der Waals surface area contributed by atoms with Crippen LogP contribution >= 0.6 is 0 Å². The normalized spacial score (nSPS) is 15.8.